The molecule has 5 nitrogen and oxygen atoms in total. The van der Waals surface area contributed by atoms with Gasteiger partial charge in [-0.2, -0.15) is 0 Å². The fraction of sp³-hybridized carbons (Fsp3) is 0.0909. The molecule has 0 unspecified atom stereocenters. The van der Waals surface area contributed by atoms with Gasteiger partial charge in [0.05, 0.1) is 21.3 Å². The summed E-state index contributed by atoms with van der Waals surface area (Å²) in [5.74, 6) is 2.08. The van der Waals surface area contributed by atoms with E-state index in [2.05, 4.69) is 176 Å². The van der Waals surface area contributed by atoms with Gasteiger partial charge in [-0.1, -0.05) is 147 Å². The number of para-hydroxylation sites is 1. The molecule has 10 aromatic rings. The van der Waals surface area contributed by atoms with Gasteiger partial charge in [0.1, 0.15) is 5.01 Å². The number of aromatic nitrogens is 5. The van der Waals surface area contributed by atoms with Gasteiger partial charge in [-0.15, -0.1) is 11.3 Å². The molecule has 3 aromatic heterocycles. The monoisotopic (exact) mass is 801 g/mol. The first-order valence-electron chi connectivity index (χ1n) is 20.9. The molecule has 2 aliphatic carbocycles. The number of fused-ring (bicyclic) bond motifs is 8. The van der Waals surface area contributed by atoms with Crippen molar-refractivity contribution in [3.05, 3.63) is 193 Å². The number of benzene rings is 7. The number of thiazole rings is 1. The van der Waals surface area contributed by atoms with Crippen LogP contribution >= 0.6 is 11.3 Å². The van der Waals surface area contributed by atoms with Crippen LogP contribution in [0.3, 0.4) is 0 Å². The summed E-state index contributed by atoms with van der Waals surface area (Å²) >= 11 is 1.80. The van der Waals surface area contributed by atoms with Crippen LogP contribution in [0.5, 0.6) is 0 Å². The molecule has 0 atom stereocenters. The van der Waals surface area contributed by atoms with Crippen molar-refractivity contribution in [1.82, 2.24) is 24.5 Å². The second-order valence-electron chi connectivity index (χ2n) is 16.6. The molecule has 290 valence electrons. The molecule has 0 saturated heterocycles. The Morgan fingerprint density at radius 1 is 0.541 bits per heavy atom. The summed E-state index contributed by atoms with van der Waals surface area (Å²) in [6.07, 6.45) is 8.30. The molecule has 0 fully saturated rings. The summed E-state index contributed by atoms with van der Waals surface area (Å²) in [6, 6.07) is 56.6. The lowest BCUT2D eigenvalue weighted by Crippen LogP contribution is -2.14. The van der Waals surface area contributed by atoms with Gasteiger partial charge in [0.15, 0.2) is 17.5 Å². The van der Waals surface area contributed by atoms with Crippen molar-refractivity contribution >= 4 is 48.9 Å². The van der Waals surface area contributed by atoms with E-state index in [0.717, 1.165) is 68.2 Å². The van der Waals surface area contributed by atoms with E-state index in [-0.39, 0.29) is 5.41 Å². The van der Waals surface area contributed by atoms with Gasteiger partial charge in [0.25, 0.3) is 0 Å². The lowest BCUT2D eigenvalue weighted by atomic mass is 9.81. The molecule has 3 heterocycles. The fourth-order valence-electron chi connectivity index (χ4n) is 9.46. The van der Waals surface area contributed by atoms with Crippen molar-refractivity contribution in [3.8, 4) is 61.3 Å². The van der Waals surface area contributed by atoms with Gasteiger partial charge >= 0.3 is 0 Å². The third kappa shape index (κ3) is 5.81. The van der Waals surface area contributed by atoms with Crippen LogP contribution in [0.2, 0.25) is 0 Å². The van der Waals surface area contributed by atoms with E-state index < -0.39 is 0 Å². The predicted octanol–water partition coefficient (Wildman–Crippen LogP) is 14.3. The molecule has 0 saturated carbocycles. The minimum absolute atomic E-state index is 0.150. The van der Waals surface area contributed by atoms with E-state index in [1.54, 1.807) is 11.3 Å². The zero-order chi connectivity index (χ0) is 40.7. The third-order valence-electron chi connectivity index (χ3n) is 12.6. The Hall–Kier alpha value is -7.28. The Morgan fingerprint density at radius 2 is 1.25 bits per heavy atom. The zero-order valence-corrected chi connectivity index (χ0v) is 34.6. The highest BCUT2D eigenvalue weighted by Gasteiger charge is 2.37. The van der Waals surface area contributed by atoms with Crippen molar-refractivity contribution < 1.29 is 0 Å². The first kappa shape index (κ1) is 35.6. The maximum Gasteiger partial charge on any atom is 0.164 e. The zero-order valence-electron chi connectivity index (χ0n) is 33.8. The molecule has 2 aliphatic rings. The second-order valence-corrected chi connectivity index (χ2v) is 17.6. The standard InChI is InChI=1S/C55H39N5S/c1-55(2)44-28-29-46-50(61-54(56-46)36-19-10-5-11-20-36)49(44)42-27-25-38(33-45(42)55)37-26-30-48-43(32-37)41-23-12-13-24-47(41)60(48)40-22-14-21-39(31-40)53-58-51(34-15-6-3-7-16-34)57-52(59-53)35-17-8-4-9-18-35/h3-8,10-17,19-33H,9,18H2,1-2H3. The molecule has 0 radical (unpaired) electrons. The summed E-state index contributed by atoms with van der Waals surface area (Å²) in [5, 5.41) is 3.49. The predicted molar refractivity (Wildman–Crippen MR) is 253 cm³/mol. The molecule has 7 aromatic carbocycles. The van der Waals surface area contributed by atoms with Crippen molar-refractivity contribution in [2.75, 3.05) is 0 Å². The Kier molecular flexibility index (Phi) is 8.12. The number of hydrogen-bond donors (Lipinski definition) is 0. The summed E-state index contributed by atoms with van der Waals surface area (Å²) in [5.41, 5.74) is 16.3. The van der Waals surface area contributed by atoms with Crippen LogP contribution in [0.1, 0.15) is 43.6 Å². The molecule has 0 N–H and O–H groups in total. The first-order valence-corrected chi connectivity index (χ1v) is 21.8. The minimum atomic E-state index is -0.150. The first-order chi connectivity index (χ1) is 30.0. The van der Waals surface area contributed by atoms with Gasteiger partial charge in [0.2, 0.25) is 0 Å². The highest BCUT2D eigenvalue weighted by atomic mass is 32.1. The van der Waals surface area contributed by atoms with Crippen LogP contribution in [0, 0.1) is 0 Å². The molecule has 0 spiro atoms. The minimum Gasteiger partial charge on any atom is -0.309 e. The number of nitrogens with zero attached hydrogens (tertiary/aromatic N) is 5. The van der Waals surface area contributed by atoms with Crippen LogP contribution in [-0.2, 0) is 5.41 Å². The Bertz CT molecular complexity index is 3440. The summed E-state index contributed by atoms with van der Waals surface area (Å²) in [4.78, 5) is 20.2. The van der Waals surface area contributed by atoms with Crippen LogP contribution in [0.25, 0.3) is 98.9 Å². The molecular weight excluding hydrogens is 763 g/mol. The van der Waals surface area contributed by atoms with Gasteiger partial charge in [-0.3, -0.25) is 0 Å². The fourth-order valence-corrected chi connectivity index (χ4v) is 10.6. The molecule has 6 heteroatoms. The summed E-state index contributed by atoms with van der Waals surface area (Å²) in [7, 11) is 0. The number of rotatable bonds is 6. The van der Waals surface area contributed by atoms with Crippen molar-refractivity contribution in [3.63, 3.8) is 0 Å². The lowest BCUT2D eigenvalue weighted by Gasteiger charge is -2.22. The Labute approximate surface area is 358 Å². The molecule has 0 aliphatic heterocycles. The third-order valence-corrected chi connectivity index (χ3v) is 13.7. The van der Waals surface area contributed by atoms with Gasteiger partial charge in [-0.25, -0.2) is 19.9 Å². The van der Waals surface area contributed by atoms with E-state index in [4.69, 9.17) is 19.9 Å². The maximum atomic E-state index is 5.09. The van der Waals surface area contributed by atoms with Crippen LogP contribution in [0.15, 0.2) is 176 Å². The van der Waals surface area contributed by atoms with Crippen molar-refractivity contribution in [2.45, 2.75) is 32.1 Å². The molecule has 0 amide bonds. The van der Waals surface area contributed by atoms with Crippen LogP contribution in [0.4, 0.5) is 0 Å². The number of hydrogen-bond acceptors (Lipinski definition) is 5. The molecule has 0 bridgehead atoms. The van der Waals surface area contributed by atoms with Crippen LogP contribution in [-0.4, -0.2) is 24.5 Å². The van der Waals surface area contributed by atoms with E-state index >= 15 is 0 Å². The van der Waals surface area contributed by atoms with Gasteiger partial charge < -0.3 is 4.57 Å². The van der Waals surface area contributed by atoms with Gasteiger partial charge in [-0.05, 0) is 88.7 Å². The van der Waals surface area contributed by atoms with E-state index in [9.17, 15) is 0 Å². The Morgan fingerprint density at radius 3 is 2.07 bits per heavy atom. The van der Waals surface area contributed by atoms with Crippen molar-refractivity contribution in [1.29, 1.82) is 0 Å². The lowest BCUT2D eigenvalue weighted by molar-refractivity contribution is 0.661. The average Bonchev–Trinajstić information content (AvgIpc) is 3.98. The largest absolute Gasteiger partial charge is 0.309 e. The summed E-state index contributed by atoms with van der Waals surface area (Å²) < 4.78 is 3.64. The van der Waals surface area contributed by atoms with E-state index in [1.165, 1.54) is 48.9 Å². The average molecular weight is 802 g/mol. The van der Waals surface area contributed by atoms with E-state index in [0.29, 0.717) is 11.6 Å². The van der Waals surface area contributed by atoms with Crippen molar-refractivity contribution in [2.24, 2.45) is 0 Å². The normalized spacial score (nSPS) is 14.1. The Balaban J connectivity index is 0.955. The second kappa shape index (κ2) is 13.9. The molecule has 12 rings (SSSR count). The highest BCUT2D eigenvalue weighted by molar-refractivity contribution is 7.22. The SMILES string of the molecule is CC1(C)c2cc(-c3ccc4c(c3)c3ccccc3n4-c3cccc(-c4nc(C5=CC=CCC5)nc(-c5ccccc5)n4)c3)ccc2-c2c1ccc1nc(-c3ccccc3)sc21. The quantitative estimate of drug-likeness (QED) is 0.168. The molecule has 61 heavy (non-hydrogen) atoms. The summed E-state index contributed by atoms with van der Waals surface area (Å²) in [6.45, 7) is 4.73. The topological polar surface area (TPSA) is 56.5 Å². The smallest absolute Gasteiger partial charge is 0.164 e. The van der Waals surface area contributed by atoms with E-state index in [1.807, 2.05) is 18.2 Å². The maximum absolute atomic E-state index is 5.09. The van der Waals surface area contributed by atoms with Gasteiger partial charge in [0, 0.05) is 44.1 Å². The highest BCUT2D eigenvalue weighted by Crippen LogP contribution is 2.53. The van der Waals surface area contributed by atoms with Crippen LogP contribution < -0.4 is 0 Å². The molecular formula is C55H39N5S. The number of allylic oxidation sites excluding steroid dienone is 4.